The maximum atomic E-state index is 3.64. The van der Waals surface area contributed by atoms with Crippen LogP contribution in [0.5, 0.6) is 0 Å². The van der Waals surface area contributed by atoms with Crippen molar-refractivity contribution in [1.29, 1.82) is 0 Å². The van der Waals surface area contributed by atoms with E-state index >= 15 is 0 Å². The van der Waals surface area contributed by atoms with Crippen molar-refractivity contribution in [2.45, 2.75) is 38.8 Å². The van der Waals surface area contributed by atoms with Gasteiger partial charge in [0.25, 0.3) is 0 Å². The molecule has 0 radical (unpaired) electrons. The highest BCUT2D eigenvalue weighted by molar-refractivity contribution is 5.39. The van der Waals surface area contributed by atoms with Crippen LogP contribution in [0.4, 0.5) is 0 Å². The fourth-order valence-corrected chi connectivity index (χ4v) is 3.21. The maximum absolute atomic E-state index is 3.64. The molecule has 2 aliphatic heterocycles. The first-order valence-corrected chi connectivity index (χ1v) is 6.95. The summed E-state index contributed by atoms with van der Waals surface area (Å²) in [5.41, 5.74) is 4.76. The second-order valence-electron chi connectivity index (χ2n) is 5.25. The van der Waals surface area contributed by atoms with Gasteiger partial charge in [0, 0.05) is 19.1 Å². The first-order chi connectivity index (χ1) is 8.38. The highest BCUT2D eigenvalue weighted by Gasteiger charge is 2.23. The zero-order valence-electron chi connectivity index (χ0n) is 10.7. The highest BCUT2D eigenvalue weighted by atomic mass is 15.1. The van der Waals surface area contributed by atoms with Gasteiger partial charge < -0.3 is 5.32 Å². The van der Waals surface area contributed by atoms with Crippen LogP contribution in [0.15, 0.2) is 18.2 Å². The average Bonchev–Trinajstić information content (AvgIpc) is 2.91. The number of nitrogens with zero attached hydrogens (tertiary/aromatic N) is 1. The molecule has 1 unspecified atom stereocenters. The molecule has 0 aliphatic carbocycles. The molecule has 17 heavy (non-hydrogen) atoms. The van der Waals surface area contributed by atoms with Crippen molar-refractivity contribution in [2.75, 3.05) is 19.6 Å². The van der Waals surface area contributed by atoms with Crippen molar-refractivity contribution in [3.05, 3.63) is 34.9 Å². The van der Waals surface area contributed by atoms with E-state index in [0.29, 0.717) is 6.04 Å². The Bertz CT molecular complexity index is 394. The Morgan fingerprint density at radius 1 is 1.41 bits per heavy atom. The molecule has 1 fully saturated rings. The van der Waals surface area contributed by atoms with Crippen LogP contribution >= 0.6 is 0 Å². The molecule has 2 aliphatic rings. The molecule has 92 valence electrons. The Kier molecular flexibility index (Phi) is 3.17. The van der Waals surface area contributed by atoms with Crippen molar-refractivity contribution >= 4 is 0 Å². The molecule has 0 aromatic heterocycles. The van der Waals surface area contributed by atoms with Gasteiger partial charge in [0.1, 0.15) is 0 Å². The summed E-state index contributed by atoms with van der Waals surface area (Å²) in [5.74, 6) is 0. The van der Waals surface area contributed by atoms with Gasteiger partial charge in [0.05, 0.1) is 0 Å². The van der Waals surface area contributed by atoms with Crippen molar-refractivity contribution < 1.29 is 0 Å². The quantitative estimate of drug-likeness (QED) is 0.839. The van der Waals surface area contributed by atoms with Crippen LogP contribution in [0, 0.1) is 0 Å². The Labute approximate surface area is 104 Å². The van der Waals surface area contributed by atoms with Crippen LogP contribution < -0.4 is 5.32 Å². The van der Waals surface area contributed by atoms with Gasteiger partial charge >= 0.3 is 0 Å². The lowest BCUT2D eigenvalue weighted by atomic mass is 9.91. The Morgan fingerprint density at radius 2 is 2.35 bits per heavy atom. The number of likely N-dealkylation sites (N-methyl/N-ethyl adjacent to an activating group) is 1. The smallest absolute Gasteiger partial charge is 0.0324 e. The molecule has 2 heterocycles. The predicted molar refractivity (Wildman–Crippen MR) is 71.1 cm³/mol. The second kappa shape index (κ2) is 4.79. The number of benzene rings is 1. The molecule has 3 rings (SSSR count). The molecular weight excluding hydrogens is 208 g/mol. The number of hydrogen-bond acceptors (Lipinski definition) is 2. The van der Waals surface area contributed by atoms with Gasteiger partial charge in [-0.15, -0.1) is 0 Å². The van der Waals surface area contributed by atoms with Gasteiger partial charge in [-0.2, -0.15) is 0 Å². The monoisotopic (exact) mass is 230 g/mol. The Hall–Kier alpha value is -0.860. The third kappa shape index (κ3) is 2.12. The van der Waals surface area contributed by atoms with E-state index in [9.17, 15) is 0 Å². The largest absolute Gasteiger partial charge is 0.310 e. The fourth-order valence-electron chi connectivity index (χ4n) is 3.21. The molecule has 2 heteroatoms. The first-order valence-electron chi connectivity index (χ1n) is 6.95. The number of nitrogens with one attached hydrogen (secondary N) is 1. The summed E-state index contributed by atoms with van der Waals surface area (Å²) in [6.07, 6.45) is 3.86. The summed E-state index contributed by atoms with van der Waals surface area (Å²) in [5, 5.41) is 3.64. The van der Waals surface area contributed by atoms with Crippen molar-refractivity contribution in [2.24, 2.45) is 0 Å². The topological polar surface area (TPSA) is 15.3 Å². The maximum Gasteiger partial charge on any atom is 0.0324 e. The highest BCUT2D eigenvalue weighted by Crippen LogP contribution is 2.30. The zero-order chi connectivity index (χ0) is 11.7. The van der Waals surface area contributed by atoms with E-state index in [1.807, 2.05) is 0 Å². The van der Waals surface area contributed by atoms with Gasteiger partial charge in [-0.3, -0.25) is 4.90 Å². The van der Waals surface area contributed by atoms with Gasteiger partial charge in [0.15, 0.2) is 0 Å². The summed E-state index contributed by atoms with van der Waals surface area (Å²) < 4.78 is 0. The number of fused-ring (bicyclic) bond motifs is 1. The molecule has 1 aromatic rings. The summed E-state index contributed by atoms with van der Waals surface area (Å²) in [4.78, 5) is 2.56. The number of rotatable bonds is 2. The lowest BCUT2D eigenvalue weighted by Crippen LogP contribution is -2.31. The zero-order valence-corrected chi connectivity index (χ0v) is 10.7. The minimum absolute atomic E-state index is 0.613. The minimum atomic E-state index is 0.613. The van der Waals surface area contributed by atoms with E-state index in [1.54, 1.807) is 16.7 Å². The van der Waals surface area contributed by atoms with Gasteiger partial charge in [-0.1, -0.05) is 25.1 Å². The SMILES string of the molecule is CCN1CCc2cccc(C3CCCN3)c2C1. The third-order valence-electron chi connectivity index (χ3n) is 4.27. The van der Waals surface area contributed by atoms with Gasteiger partial charge in [-0.25, -0.2) is 0 Å². The lowest BCUT2D eigenvalue weighted by molar-refractivity contribution is 0.266. The van der Waals surface area contributed by atoms with Crippen molar-refractivity contribution in [3.63, 3.8) is 0 Å². The molecule has 1 saturated heterocycles. The van der Waals surface area contributed by atoms with E-state index in [4.69, 9.17) is 0 Å². The van der Waals surface area contributed by atoms with Crippen LogP contribution in [0.2, 0.25) is 0 Å². The van der Waals surface area contributed by atoms with Crippen LogP contribution in [-0.4, -0.2) is 24.5 Å². The molecule has 1 atom stereocenters. The third-order valence-corrected chi connectivity index (χ3v) is 4.27. The molecule has 1 aromatic carbocycles. The van der Waals surface area contributed by atoms with Crippen LogP contribution in [-0.2, 0) is 13.0 Å². The van der Waals surface area contributed by atoms with Crippen LogP contribution in [0.1, 0.15) is 42.5 Å². The minimum Gasteiger partial charge on any atom is -0.310 e. The van der Waals surface area contributed by atoms with Gasteiger partial charge in [-0.05, 0) is 49.0 Å². The average molecular weight is 230 g/mol. The van der Waals surface area contributed by atoms with Crippen LogP contribution in [0.25, 0.3) is 0 Å². The normalized spacial score (nSPS) is 24.9. The number of hydrogen-bond donors (Lipinski definition) is 1. The summed E-state index contributed by atoms with van der Waals surface area (Å²) in [7, 11) is 0. The Morgan fingerprint density at radius 3 is 3.12 bits per heavy atom. The molecule has 0 saturated carbocycles. The summed E-state index contributed by atoms with van der Waals surface area (Å²) >= 11 is 0. The van der Waals surface area contributed by atoms with E-state index in [2.05, 4.69) is 35.3 Å². The standard InChI is InChI=1S/C15H22N2/c1-2-17-10-8-12-5-3-6-13(14(12)11-17)15-7-4-9-16-15/h3,5-6,15-16H,2,4,7-11H2,1H3. The second-order valence-corrected chi connectivity index (χ2v) is 5.25. The van der Waals surface area contributed by atoms with E-state index in [0.717, 1.165) is 6.54 Å². The predicted octanol–water partition coefficient (Wildman–Crippen LogP) is 2.49. The summed E-state index contributed by atoms with van der Waals surface area (Å²) in [6, 6.07) is 7.51. The first kappa shape index (κ1) is 11.2. The van der Waals surface area contributed by atoms with E-state index < -0.39 is 0 Å². The summed E-state index contributed by atoms with van der Waals surface area (Å²) in [6.45, 7) is 7.00. The fraction of sp³-hybridized carbons (Fsp3) is 0.600. The lowest BCUT2D eigenvalue weighted by Gasteiger charge is -2.30. The molecule has 1 N–H and O–H groups in total. The molecule has 0 bridgehead atoms. The van der Waals surface area contributed by atoms with Crippen molar-refractivity contribution in [1.82, 2.24) is 10.2 Å². The molecule has 0 spiro atoms. The van der Waals surface area contributed by atoms with Crippen molar-refractivity contribution in [3.8, 4) is 0 Å². The van der Waals surface area contributed by atoms with Crippen LogP contribution in [0.3, 0.4) is 0 Å². The van der Waals surface area contributed by atoms with E-state index in [1.165, 1.54) is 38.9 Å². The Balaban J connectivity index is 1.93. The molecule has 0 amide bonds. The van der Waals surface area contributed by atoms with E-state index in [-0.39, 0.29) is 0 Å². The van der Waals surface area contributed by atoms with Gasteiger partial charge in [0.2, 0.25) is 0 Å². The molecular formula is C15H22N2. The molecule has 2 nitrogen and oxygen atoms in total.